The number of nitrogens with one attached hydrogen (secondary N) is 1. The van der Waals surface area contributed by atoms with Gasteiger partial charge in [-0.25, -0.2) is 4.79 Å². The predicted molar refractivity (Wildman–Crippen MR) is 97.6 cm³/mol. The van der Waals surface area contributed by atoms with Gasteiger partial charge in [0.1, 0.15) is 6.04 Å². The normalized spacial score (nSPS) is 15.0. The summed E-state index contributed by atoms with van der Waals surface area (Å²) in [7, 11) is 3.24. The highest BCUT2D eigenvalue weighted by Crippen LogP contribution is 2.28. The molecule has 0 radical (unpaired) electrons. The van der Waals surface area contributed by atoms with Gasteiger partial charge >= 0.3 is 6.09 Å². The van der Waals surface area contributed by atoms with Gasteiger partial charge < -0.3 is 15.0 Å². The molecule has 1 N–H and O–H groups in total. The second kappa shape index (κ2) is 7.59. The summed E-state index contributed by atoms with van der Waals surface area (Å²) in [5, 5.41) is 7.21. The molecule has 2 amide bonds. The molecule has 1 atom stereocenters. The maximum absolute atomic E-state index is 12.6. The molecule has 1 aromatic carbocycles. The average Bonchev–Trinajstić information content (AvgIpc) is 2.82. The van der Waals surface area contributed by atoms with Crippen LogP contribution in [0.15, 0.2) is 30.3 Å². The SMILES string of the molecule is COC(=O)NC(C)C(=O)N1CCc2nn(C)c(-c3ccccc3)c2CC1. The van der Waals surface area contributed by atoms with Crippen LogP contribution in [0.1, 0.15) is 18.2 Å². The number of benzene rings is 1. The first kappa shape index (κ1) is 18.0. The van der Waals surface area contributed by atoms with Crippen molar-refractivity contribution in [2.75, 3.05) is 20.2 Å². The quantitative estimate of drug-likeness (QED) is 0.909. The van der Waals surface area contributed by atoms with Crippen molar-refractivity contribution in [2.24, 2.45) is 7.05 Å². The number of ether oxygens (including phenoxy) is 1. The molecular formula is C19H24N4O3. The molecule has 0 fully saturated rings. The Labute approximate surface area is 152 Å². The van der Waals surface area contributed by atoms with Gasteiger partial charge in [-0.1, -0.05) is 30.3 Å². The zero-order chi connectivity index (χ0) is 18.7. The summed E-state index contributed by atoms with van der Waals surface area (Å²) in [6, 6.07) is 9.56. The van der Waals surface area contributed by atoms with Crippen LogP contribution < -0.4 is 5.32 Å². The van der Waals surface area contributed by atoms with Crippen LogP contribution in [0.4, 0.5) is 4.79 Å². The molecule has 1 aliphatic rings. The second-order valence-corrected chi connectivity index (χ2v) is 6.45. The molecule has 3 rings (SSSR count). The number of carbonyl (C=O) groups excluding carboxylic acids is 2. The maximum Gasteiger partial charge on any atom is 0.407 e. The lowest BCUT2D eigenvalue weighted by atomic mass is 10.0. The van der Waals surface area contributed by atoms with Crippen LogP contribution in [0.3, 0.4) is 0 Å². The fraction of sp³-hybridized carbons (Fsp3) is 0.421. The zero-order valence-corrected chi connectivity index (χ0v) is 15.4. The van der Waals surface area contributed by atoms with Crippen LogP contribution in [0.2, 0.25) is 0 Å². The lowest BCUT2D eigenvalue weighted by Crippen LogP contribution is -2.47. The average molecular weight is 356 g/mol. The fourth-order valence-electron chi connectivity index (χ4n) is 3.44. The maximum atomic E-state index is 12.6. The third kappa shape index (κ3) is 3.56. The first-order valence-corrected chi connectivity index (χ1v) is 8.74. The van der Waals surface area contributed by atoms with Gasteiger partial charge in [0.05, 0.1) is 18.5 Å². The van der Waals surface area contributed by atoms with E-state index in [0.717, 1.165) is 23.4 Å². The number of nitrogens with zero attached hydrogens (tertiary/aromatic N) is 3. The first-order chi connectivity index (χ1) is 12.5. The number of hydrogen-bond donors (Lipinski definition) is 1. The molecule has 138 valence electrons. The highest BCUT2D eigenvalue weighted by Gasteiger charge is 2.27. The summed E-state index contributed by atoms with van der Waals surface area (Å²) in [6.45, 7) is 2.86. The number of rotatable bonds is 3. The van der Waals surface area contributed by atoms with E-state index in [-0.39, 0.29) is 5.91 Å². The lowest BCUT2D eigenvalue weighted by Gasteiger charge is -2.24. The summed E-state index contributed by atoms with van der Waals surface area (Å²) in [4.78, 5) is 25.8. The van der Waals surface area contributed by atoms with Gasteiger partial charge in [-0.2, -0.15) is 5.10 Å². The minimum absolute atomic E-state index is 0.105. The van der Waals surface area contributed by atoms with E-state index in [1.165, 1.54) is 12.7 Å². The number of amides is 2. The zero-order valence-electron chi connectivity index (χ0n) is 15.4. The number of methoxy groups -OCH3 is 1. The Morgan fingerprint density at radius 3 is 2.58 bits per heavy atom. The Morgan fingerprint density at radius 1 is 1.19 bits per heavy atom. The molecule has 1 aliphatic heterocycles. The van der Waals surface area contributed by atoms with Crippen molar-refractivity contribution in [1.82, 2.24) is 20.0 Å². The van der Waals surface area contributed by atoms with Crippen molar-refractivity contribution < 1.29 is 14.3 Å². The van der Waals surface area contributed by atoms with Gasteiger partial charge in [0.25, 0.3) is 0 Å². The largest absolute Gasteiger partial charge is 0.453 e. The number of carbonyl (C=O) groups is 2. The molecule has 1 aromatic heterocycles. The molecular weight excluding hydrogens is 332 g/mol. The van der Waals surface area contributed by atoms with E-state index in [4.69, 9.17) is 0 Å². The molecule has 2 aromatic rings. The van der Waals surface area contributed by atoms with E-state index >= 15 is 0 Å². The highest BCUT2D eigenvalue weighted by atomic mass is 16.5. The van der Waals surface area contributed by atoms with Gasteiger partial charge in [0, 0.05) is 37.7 Å². The van der Waals surface area contributed by atoms with E-state index in [9.17, 15) is 9.59 Å². The van der Waals surface area contributed by atoms with Crippen molar-refractivity contribution in [3.8, 4) is 11.3 Å². The van der Waals surface area contributed by atoms with Gasteiger partial charge in [0.15, 0.2) is 0 Å². The van der Waals surface area contributed by atoms with Gasteiger partial charge in [-0.3, -0.25) is 9.48 Å². The smallest absolute Gasteiger partial charge is 0.407 e. The Balaban J connectivity index is 1.77. The summed E-state index contributed by atoms with van der Waals surface area (Å²) in [5.74, 6) is -0.105. The minimum atomic E-state index is -0.618. The lowest BCUT2D eigenvalue weighted by molar-refractivity contribution is -0.132. The van der Waals surface area contributed by atoms with Crippen molar-refractivity contribution >= 4 is 12.0 Å². The topological polar surface area (TPSA) is 76.5 Å². The first-order valence-electron chi connectivity index (χ1n) is 8.74. The molecule has 7 nitrogen and oxygen atoms in total. The third-order valence-corrected chi connectivity index (χ3v) is 4.73. The summed E-state index contributed by atoms with van der Waals surface area (Å²) >= 11 is 0. The Kier molecular flexibility index (Phi) is 5.25. The number of aromatic nitrogens is 2. The van der Waals surface area contributed by atoms with Crippen molar-refractivity contribution in [3.05, 3.63) is 41.6 Å². The molecule has 1 unspecified atom stereocenters. The van der Waals surface area contributed by atoms with Gasteiger partial charge in [-0.15, -0.1) is 0 Å². The van der Waals surface area contributed by atoms with E-state index in [1.54, 1.807) is 11.8 Å². The Morgan fingerprint density at radius 2 is 1.88 bits per heavy atom. The van der Waals surface area contributed by atoms with Crippen LogP contribution in [0.25, 0.3) is 11.3 Å². The van der Waals surface area contributed by atoms with Crippen LogP contribution in [0, 0.1) is 0 Å². The van der Waals surface area contributed by atoms with Gasteiger partial charge in [-0.05, 0) is 13.3 Å². The molecule has 0 spiro atoms. The summed E-state index contributed by atoms with van der Waals surface area (Å²) < 4.78 is 6.50. The van der Waals surface area contributed by atoms with Gasteiger partial charge in [0.2, 0.25) is 5.91 Å². The highest BCUT2D eigenvalue weighted by molar-refractivity contribution is 5.85. The van der Waals surface area contributed by atoms with Crippen LogP contribution >= 0.6 is 0 Å². The van der Waals surface area contributed by atoms with E-state index < -0.39 is 12.1 Å². The van der Waals surface area contributed by atoms with Crippen molar-refractivity contribution in [2.45, 2.75) is 25.8 Å². The molecule has 0 bridgehead atoms. The van der Waals surface area contributed by atoms with Crippen molar-refractivity contribution in [3.63, 3.8) is 0 Å². The predicted octanol–water partition coefficient (Wildman–Crippen LogP) is 1.76. The Hall–Kier alpha value is -2.83. The van der Waals surface area contributed by atoms with E-state index in [1.807, 2.05) is 29.9 Å². The van der Waals surface area contributed by atoms with Crippen molar-refractivity contribution in [1.29, 1.82) is 0 Å². The molecule has 2 heterocycles. The van der Waals surface area contributed by atoms with E-state index in [2.05, 4.69) is 27.3 Å². The number of aryl methyl sites for hydroxylation is 1. The number of fused-ring (bicyclic) bond motifs is 1. The fourth-order valence-corrected chi connectivity index (χ4v) is 3.44. The standard InChI is InChI=1S/C19H24N4O3/c1-13(20-19(25)26-3)18(24)23-11-9-15-16(10-12-23)21-22(2)17(15)14-7-5-4-6-8-14/h4-8,13H,9-12H2,1-3H3,(H,20,25). The van der Waals surface area contributed by atoms with E-state index in [0.29, 0.717) is 19.5 Å². The molecule has 0 saturated carbocycles. The number of alkyl carbamates (subject to hydrolysis) is 1. The summed E-state index contributed by atoms with van der Waals surface area (Å²) in [5.41, 5.74) is 4.47. The molecule has 26 heavy (non-hydrogen) atoms. The monoisotopic (exact) mass is 356 g/mol. The molecule has 7 heteroatoms. The molecule has 0 saturated heterocycles. The minimum Gasteiger partial charge on any atom is -0.453 e. The van der Waals surface area contributed by atoms with Crippen LogP contribution in [-0.4, -0.2) is 52.9 Å². The Bertz CT molecular complexity index is 801. The van der Waals surface area contributed by atoms with Crippen LogP contribution in [-0.2, 0) is 29.4 Å². The molecule has 0 aliphatic carbocycles. The summed E-state index contributed by atoms with van der Waals surface area (Å²) in [6.07, 6.45) is 0.842. The third-order valence-electron chi connectivity index (χ3n) is 4.73. The second-order valence-electron chi connectivity index (χ2n) is 6.45. The number of hydrogen-bond acceptors (Lipinski definition) is 4. The van der Waals surface area contributed by atoms with Crippen LogP contribution in [0.5, 0.6) is 0 Å².